The zero-order valence-corrected chi connectivity index (χ0v) is 16.1. The molecule has 1 aromatic rings. The second-order valence-electron chi connectivity index (χ2n) is 6.17. The van der Waals surface area contributed by atoms with Crippen molar-refractivity contribution >= 4 is 13.3 Å². The second-order valence-corrected chi connectivity index (χ2v) is 6.17. The van der Waals surface area contributed by atoms with Gasteiger partial charge in [-0.1, -0.05) is 28.8 Å². The van der Waals surface area contributed by atoms with Gasteiger partial charge in [0.25, 0.3) is 0 Å². The van der Waals surface area contributed by atoms with Crippen molar-refractivity contribution in [3.05, 3.63) is 41.0 Å². The maximum Gasteiger partial charge on any atom is 0.188 e. The molecule has 5 heteroatoms. The number of ether oxygens (including phenoxy) is 4. The summed E-state index contributed by atoms with van der Waals surface area (Å²) in [5, 5.41) is 0. The van der Waals surface area contributed by atoms with E-state index in [2.05, 4.69) is 32.9 Å². The lowest BCUT2D eigenvalue weighted by atomic mass is 9.92. The molecule has 2 radical (unpaired) electrons. The third-order valence-electron chi connectivity index (χ3n) is 3.62. The average Bonchev–Trinajstić information content (AvgIpc) is 2.57. The highest BCUT2D eigenvalue weighted by molar-refractivity contribution is 6.34. The van der Waals surface area contributed by atoms with Crippen LogP contribution in [0.25, 0.3) is 0 Å². The van der Waals surface area contributed by atoms with Crippen LogP contribution in [0.1, 0.15) is 39.2 Å². The minimum Gasteiger partial charge on any atom is -0.468 e. The summed E-state index contributed by atoms with van der Waals surface area (Å²) in [6.45, 7) is 6.71. The maximum atomic E-state index is 6.03. The van der Waals surface area contributed by atoms with E-state index in [0.717, 1.165) is 24.8 Å². The minimum atomic E-state index is 0.152. The first-order valence-corrected chi connectivity index (χ1v) is 8.42. The molecular weight excluding hydrogens is 315 g/mol. The highest BCUT2D eigenvalue weighted by atomic mass is 16.7. The zero-order chi connectivity index (χ0) is 18.7. The van der Waals surface area contributed by atoms with Crippen LogP contribution in [0.4, 0.5) is 0 Å². The molecule has 0 aliphatic carbocycles. The molecule has 25 heavy (non-hydrogen) atoms. The van der Waals surface area contributed by atoms with E-state index < -0.39 is 0 Å². The van der Waals surface area contributed by atoms with Crippen LogP contribution in [0.2, 0.25) is 0 Å². The summed E-state index contributed by atoms with van der Waals surface area (Å²) in [7, 11) is 9.19. The molecule has 0 aliphatic heterocycles. The predicted octanol–water partition coefficient (Wildman–Crippen LogP) is 3.68. The topological polar surface area (TPSA) is 36.9 Å². The predicted molar refractivity (Wildman–Crippen MR) is 103 cm³/mol. The Bertz CT molecular complexity index is 590. The Hall–Kier alpha value is -1.72. The summed E-state index contributed by atoms with van der Waals surface area (Å²) in [6, 6.07) is 3.67. The monoisotopic (exact) mass is 344 g/mol. The minimum absolute atomic E-state index is 0.152. The van der Waals surface area contributed by atoms with Gasteiger partial charge in [0, 0.05) is 19.8 Å². The number of hydrogen-bond acceptors (Lipinski definition) is 4. The van der Waals surface area contributed by atoms with E-state index in [1.165, 1.54) is 11.1 Å². The van der Waals surface area contributed by atoms with Crippen LogP contribution in [-0.4, -0.2) is 35.7 Å². The van der Waals surface area contributed by atoms with Gasteiger partial charge in [-0.05, 0) is 52.2 Å². The number of methoxy groups -OCH3 is 2. The van der Waals surface area contributed by atoms with Crippen molar-refractivity contribution in [3.8, 4) is 11.5 Å². The van der Waals surface area contributed by atoms with Gasteiger partial charge in [-0.15, -0.1) is 0 Å². The van der Waals surface area contributed by atoms with Gasteiger partial charge < -0.3 is 18.9 Å². The Balaban J connectivity index is 2.90. The van der Waals surface area contributed by atoms with Crippen LogP contribution < -0.4 is 14.9 Å². The Morgan fingerprint density at radius 1 is 0.960 bits per heavy atom. The summed E-state index contributed by atoms with van der Waals surface area (Å²) in [4.78, 5) is 0. The molecule has 1 aromatic carbocycles. The van der Waals surface area contributed by atoms with E-state index in [4.69, 9.17) is 26.8 Å². The highest BCUT2D eigenvalue weighted by Gasteiger charge is 2.09. The molecule has 136 valence electrons. The van der Waals surface area contributed by atoms with Crippen LogP contribution in [0.15, 0.2) is 35.4 Å². The average molecular weight is 344 g/mol. The van der Waals surface area contributed by atoms with Crippen LogP contribution >= 0.6 is 0 Å². The molecule has 0 amide bonds. The van der Waals surface area contributed by atoms with Gasteiger partial charge in [0.15, 0.2) is 13.6 Å². The summed E-state index contributed by atoms with van der Waals surface area (Å²) in [5.74, 6) is 1.30. The maximum absolute atomic E-state index is 6.03. The molecule has 1 rings (SSSR count). The summed E-state index contributed by atoms with van der Waals surface area (Å²) in [6.07, 6.45) is 7.31. The molecule has 0 spiro atoms. The van der Waals surface area contributed by atoms with Crippen LogP contribution in [0.3, 0.4) is 0 Å². The quantitative estimate of drug-likeness (QED) is 0.349. The Morgan fingerprint density at radius 2 is 1.60 bits per heavy atom. The van der Waals surface area contributed by atoms with Gasteiger partial charge in [0.1, 0.15) is 19.3 Å². The Kier molecular flexibility index (Phi) is 10.0. The number of benzene rings is 1. The van der Waals surface area contributed by atoms with Gasteiger partial charge in [0.2, 0.25) is 0 Å². The SMILES string of the molecule is [B]c1cc(OCOC)c(C/C=C(\C)CCC=C(C)C)cc1OCOC. The molecule has 4 nitrogen and oxygen atoms in total. The van der Waals surface area contributed by atoms with E-state index in [1.807, 2.05) is 6.07 Å². The van der Waals surface area contributed by atoms with Crippen LogP contribution in [0.5, 0.6) is 11.5 Å². The van der Waals surface area contributed by atoms with E-state index in [1.54, 1.807) is 20.3 Å². The molecule has 0 N–H and O–H groups in total. The molecule has 0 bridgehead atoms. The van der Waals surface area contributed by atoms with Gasteiger partial charge in [-0.25, -0.2) is 0 Å². The zero-order valence-electron chi connectivity index (χ0n) is 16.1. The first-order chi connectivity index (χ1) is 12.0. The molecule has 0 unspecified atom stereocenters. The number of allylic oxidation sites excluding steroid dienone is 4. The second kappa shape index (κ2) is 11.8. The lowest BCUT2D eigenvalue weighted by molar-refractivity contribution is 0.0484. The van der Waals surface area contributed by atoms with Gasteiger partial charge in [-0.2, -0.15) is 0 Å². The van der Waals surface area contributed by atoms with Crippen molar-refractivity contribution in [3.63, 3.8) is 0 Å². The van der Waals surface area contributed by atoms with Crippen molar-refractivity contribution in [2.75, 3.05) is 27.8 Å². The normalized spacial score (nSPS) is 11.3. The third-order valence-corrected chi connectivity index (χ3v) is 3.62. The number of rotatable bonds is 11. The summed E-state index contributed by atoms with van der Waals surface area (Å²) in [5.41, 5.74) is 4.20. The van der Waals surface area contributed by atoms with E-state index in [-0.39, 0.29) is 13.6 Å². The van der Waals surface area contributed by atoms with Crippen molar-refractivity contribution in [2.45, 2.75) is 40.0 Å². The standard InChI is InChI=1S/C20H29BO4/c1-15(2)7-6-8-16(3)9-10-17-11-20(25-14-23-5)18(21)12-19(17)24-13-22-4/h7,9,11-12H,6,8,10,13-14H2,1-5H3/b16-9+. The van der Waals surface area contributed by atoms with Crippen molar-refractivity contribution in [2.24, 2.45) is 0 Å². The Morgan fingerprint density at radius 3 is 2.20 bits per heavy atom. The molecule has 0 heterocycles. The van der Waals surface area contributed by atoms with E-state index in [0.29, 0.717) is 17.0 Å². The molecule has 0 atom stereocenters. The fourth-order valence-corrected chi connectivity index (χ4v) is 2.26. The van der Waals surface area contributed by atoms with Crippen molar-refractivity contribution in [1.82, 2.24) is 0 Å². The van der Waals surface area contributed by atoms with Crippen LogP contribution in [0, 0.1) is 0 Å². The van der Waals surface area contributed by atoms with E-state index in [9.17, 15) is 0 Å². The summed E-state index contributed by atoms with van der Waals surface area (Å²) < 4.78 is 21.1. The fraction of sp³-hybridized carbons (Fsp3) is 0.500. The fourth-order valence-electron chi connectivity index (χ4n) is 2.26. The first-order valence-electron chi connectivity index (χ1n) is 8.42. The highest BCUT2D eigenvalue weighted by Crippen LogP contribution is 2.24. The molecular formula is C20H29BO4. The molecule has 0 saturated heterocycles. The first kappa shape index (κ1) is 21.3. The Labute approximate surface area is 153 Å². The van der Waals surface area contributed by atoms with Crippen LogP contribution in [-0.2, 0) is 15.9 Å². The van der Waals surface area contributed by atoms with E-state index >= 15 is 0 Å². The molecule has 0 aromatic heterocycles. The van der Waals surface area contributed by atoms with Gasteiger partial charge in [0.05, 0.1) is 0 Å². The number of hydrogen-bond donors (Lipinski definition) is 0. The van der Waals surface area contributed by atoms with Gasteiger partial charge in [-0.3, -0.25) is 0 Å². The van der Waals surface area contributed by atoms with Gasteiger partial charge >= 0.3 is 0 Å². The van der Waals surface area contributed by atoms with Crippen molar-refractivity contribution in [1.29, 1.82) is 0 Å². The molecule has 0 saturated carbocycles. The lowest BCUT2D eigenvalue weighted by Crippen LogP contribution is -2.14. The summed E-state index contributed by atoms with van der Waals surface area (Å²) >= 11 is 0. The molecule has 0 fully saturated rings. The molecule has 0 aliphatic rings. The third kappa shape index (κ3) is 8.28. The lowest BCUT2D eigenvalue weighted by Gasteiger charge is -2.15. The smallest absolute Gasteiger partial charge is 0.188 e. The van der Waals surface area contributed by atoms with Crippen molar-refractivity contribution < 1.29 is 18.9 Å². The largest absolute Gasteiger partial charge is 0.468 e.